The Hall–Kier alpha value is -1.52. The molecule has 1 rings (SSSR count). The molecule has 78 valence electrons. The van der Waals surface area contributed by atoms with Gasteiger partial charge in [-0.25, -0.2) is 0 Å². The highest BCUT2D eigenvalue weighted by Gasteiger charge is 2.05. The van der Waals surface area contributed by atoms with E-state index in [1.54, 1.807) is 0 Å². The Balaban J connectivity index is 2.32. The zero-order chi connectivity index (χ0) is 11.1. The Kier molecular flexibility index (Phi) is 4.66. The largest absolute Gasteiger partial charge is 0.393 e. The van der Waals surface area contributed by atoms with Crippen LogP contribution in [-0.2, 0) is 6.42 Å². The topological polar surface area (TPSA) is 20.2 Å². The molecule has 1 heteroatoms. The van der Waals surface area contributed by atoms with Crippen molar-refractivity contribution in [2.24, 2.45) is 0 Å². The van der Waals surface area contributed by atoms with Crippen LogP contribution in [0.25, 0.3) is 0 Å². The molecule has 0 radical (unpaired) electrons. The third-order valence-corrected chi connectivity index (χ3v) is 2.30. The maximum atomic E-state index is 9.66. The van der Waals surface area contributed by atoms with Crippen molar-refractivity contribution < 1.29 is 5.11 Å². The van der Waals surface area contributed by atoms with E-state index in [1.165, 1.54) is 5.56 Å². The quantitative estimate of drug-likeness (QED) is 0.724. The van der Waals surface area contributed by atoms with Crippen molar-refractivity contribution in [3.8, 4) is 12.3 Å². The first-order valence-electron chi connectivity index (χ1n) is 5.08. The molecule has 0 aliphatic rings. The molecule has 0 bridgehead atoms. The molecule has 0 unspecified atom stereocenters. The summed E-state index contributed by atoms with van der Waals surface area (Å²) in [7, 11) is 0. The molecule has 1 nitrogen and oxygen atoms in total. The molecule has 0 saturated heterocycles. The number of benzene rings is 1. The predicted molar refractivity (Wildman–Crippen MR) is 63.4 cm³/mol. The summed E-state index contributed by atoms with van der Waals surface area (Å²) in [6, 6.07) is 10.1. The highest BCUT2D eigenvalue weighted by atomic mass is 16.3. The fourth-order valence-electron chi connectivity index (χ4n) is 1.42. The van der Waals surface area contributed by atoms with Gasteiger partial charge in [-0.05, 0) is 24.0 Å². The zero-order valence-corrected chi connectivity index (χ0v) is 8.82. The molecule has 0 saturated carbocycles. The molecule has 15 heavy (non-hydrogen) atoms. The average molecular weight is 200 g/mol. The van der Waals surface area contributed by atoms with Crippen molar-refractivity contribution in [1.82, 2.24) is 0 Å². The lowest BCUT2D eigenvalue weighted by molar-refractivity contribution is 0.166. The van der Waals surface area contributed by atoms with E-state index in [1.807, 2.05) is 18.2 Å². The summed E-state index contributed by atoms with van der Waals surface area (Å²) in [4.78, 5) is 0. The number of hydrogen-bond acceptors (Lipinski definition) is 1. The molecule has 1 N–H and O–H groups in total. The molecule has 0 aliphatic carbocycles. The summed E-state index contributed by atoms with van der Waals surface area (Å²) in [6.45, 7) is 3.67. The van der Waals surface area contributed by atoms with Gasteiger partial charge in [0.2, 0.25) is 0 Å². The van der Waals surface area contributed by atoms with Crippen molar-refractivity contribution >= 4 is 0 Å². The van der Waals surface area contributed by atoms with E-state index in [2.05, 4.69) is 24.6 Å². The summed E-state index contributed by atoms with van der Waals surface area (Å²) >= 11 is 0. The van der Waals surface area contributed by atoms with Crippen LogP contribution >= 0.6 is 0 Å². The van der Waals surface area contributed by atoms with E-state index < -0.39 is 0 Å². The minimum absolute atomic E-state index is 0.381. The average Bonchev–Trinajstić information content (AvgIpc) is 2.27. The van der Waals surface area contributed by atoms with Crippen molar-refractivity contribution in [2.45, 2.75) is 25.4 Å². The number of hydrogen-bond donors (Lipinski definition) is 1. The summed E-state index contributed by atoms with van der Waals surface area (Å²) in [5.41, 5.74) is 1.90. The van der Waals surface area contributed by atoms with Crippen LogP contribution in [0.5, 0.6) is 0 Å². The van der Waals surface area contributed by atoms with E-state index in [9.17, 15) is 5.11 Å². The number of aliphatic hydroxyl groups excluding tert-OH is 1. The maximum absolute atomic E-state index is 9.66. The Morgan fingerprint density at radius 2 is 2.07 bits per heavy atom. The molecule has 0 heterocycles. The first-order valence-corrected chi connectivity index (χ1v) is 5.08. The van der Waals surface area contributed by atoms with Crippen LogP contribution in [0.15, 0.2) is 42.5 Å². The molecule has 0 aromatic heterocycles. The smallest absolute Gasteiger partial charge is 0.0589 e. The van der Waals surface area contributed by atoms with E-state index in [0.29, 0.717) is 12.0 Å². The predicted octanol–water partition coefficient (Wildman–Crippen LogP) is 2.56. The van der Waals surface area contributed by atoms with Gasteiger partial charge in [-0.2, -0.15) is 0 Å². The van der Waals surface area contributed by atoms with Crippen LogP contribution in [0, 0.1) is 12.3 Å². The van der Waals surface area contributed by atoms with Gasteiger partial charge in [0.25, 0.3) is 0 Å². The summed E-state index contributed by atoms with van der Waals surface area (Å²) in [5, 5.41) is 9.66. The van der Waals surface area contributed by atoms with Gasteiger partial charge < -0.3 is 5.11 Å². The fraction of sp³-hybridized carbons (Fsp3) is 0.286. The number of terminal acetylenes is 1. The van der Waals surface area contributed by atoms with Gasteiger partial charge in [-0.3, -0.25) is 0 Å². The van der Waals surface area contributed by atoms with Crippen LogP contribution in [0.3, 0.4) is 0 Å². The molecule has 0 aliphatic heterocycles. The minimum atomic E-state index is -0.381. The minimum Gasteiger partial charge on any atom is -0.393 e. The summed E-state index contributed by atoms with van der Waals surface area (Å²) in [5.74, 6) is 2.44. The molecule has 0 amide bonds. The third-order valence-electron chi connectivity index (χ3n) is 2.30. The molecule has 0 fully saturated rings. The second kappa shape index (κ2) is 6.06. The number of aryl methyl sites for hydroxylation is 1. The summed E-state index contributed by atoms with van der Waals surface area (Å²) < 4.78 is 0. The molecule has 1 aromatic rings. The van der Waals surface area contributed by atoms with Crippen LogP contribution in [0.2, 0.25) is 0 Å². The van der Waals surface area contributed by atoms with Crippen molar-refractivity contribution in [3.05, 3.63) is 48.0 Å². The monoisotopic (exact) mass is 200 g/mol. The van der Waals surface area contributed by atoms with E-state index in [0.717, 1.165) is 12.8 Å². The number of rotatable bonds is 5. The Labute approximate surface area is 91.5 Å². The van der Waals surface area contributed by atoms with E-state index in [4.69, 9.17) is 6.42 Å². The zero-order valence-electron chi connectivity index (χ0n) is 8.82. The normalized spacial score (nSPS) is 11.7. The van der Waals surface area contributed by atoms with Gasteiger partial charge >= 0.3 is 0 Å². The SMILES string of the molecule is C#CC(=C)C[C@H](O)CCc1ccccc1. The summed E-state index contributed by atoms with van der Waals surface area (Å²) in [6.07, 6.45) is 6.89. The molecule has 1 atom stereocenters. The first kappa shape index (κ1) is 11.6. The maximum Gasteiger partial charge on any atom is 0.0589 e. The Morgan fingerprint density at radius 3 is 2.67 bits per heavy atom. The van der Waals surface area contributed by atoms with Crippen molar-refractivity contribution in [1.29, 1.82) is 0 Å². The lowest BCUT2D eigenvalue weighted by atomic mass is 10.0. The van der Waals surface area contributed by atoms with Crippen LogP contribution in [0.4, 0.5) is 0 Å². The van der Waals surface area contributed by atoms with Crippen LogP contribution in [-0.4, -0.2) is 11.2 Å². The Bertz CT molecular complexity index is 345. The molecule has 0 spiro atoms. The first-order chi connectivity index (χ1) is 7.22. The Morgan fingerprint density at radius 1 is 1.40 bits per heavy atom. The standard InChI is InChI=1S/C14H16O/c1-3-12(2)11-14(15)10-9-13-7-5-4-6-8-13/h1,4-8,14-15H,2,9-11H2/t14-/m1/s1. The molecule has 1 aromatic carbocycles. The van der Waals surface area contributed by atoms with Gasteiger partial charge in [0.15, 0.2) is 0 Å². The fourth-order valence-corrected chi connectivity index (χ4v) is 1.42. The molecular formula is C14H16O. The van der Waals surface area contributed by atoms with Gasteiger partial charge in [0.1, 0.15) is 0 Å². The van der Waals surface area contributed by atoms with Crippen molar-refractivity contribution in [2.75, 3.05) is 0 Å². The second-order valence-corrected chi connectivity index (χ2v) is 3.63. The third kappa shape index (κ3) is 4.49. The van der Waals surface area contributed by atoms with Crippen LogP contribution < -0.4 is 0 Å². The number of aliphatic hydroxyl groups is 1. The lowest BCUT2D eigenvalue weighted by Crippen LogP contribution is -2.08. The van der Waals surface area contributed by atoms with E-state index in [-0.39, 0.29) is 6.10 Å². The van der Waals surface area contributed by atoms with Gasteiger partial charge in [0, 0.05) is 6.42 Å². The highest BCUT2D eigenvalue weighted by Crippen LogP contribution is 2.10. The lowest BCUT2D eigenvalue weighted by Gasteiger charge is -2.09. The van der Waals surface area contributed by atoms with Gasteiger partial charge in [0.05, 0.1) is 6.10 Å². The van der Waals surface area contributed by atoms with Gasteiger partial charge in [-0.1, -0.05) is 42.8 Å². The van der Waals surface area contributed by atoms with Crippen molar-refractivity contribution in [3.63, 3.8) is 0 Å². The van der Waals surface area contributed by atoms with Crippen LogP contribution in [0.1, 0.15) is 18.4 Å². The van der Waals surface area contributed by atoms with Gasteiger partial charge in [-0.15, -0.1) is 6.42 Å². The van der Waals surface area contributed by atoms with E-state index >= 15 is 0 Å². The molecular weight excluding hydrogens is 184 g/mol. The highest BCUT2D eigenvalue weighted by molar-refractivity contribution is 5.22. The second-order valence-electron chi connectivity index (χ2n) is 3.63.